The van der Waals surface area contributed by atoms with Crippen LogP contribution >= 0.6 is 11.8 Å². The molecular weight excluding hydrogens is 396 g/mol. The van der Waals surface area contributed by atoms with Crippen LogP contribution in [-0.2, 0) is 12.3 Å². The van der Waals surface area contributed by atoms with Gasteiger partial charge < -0.3 is 13.7 Å². The van der Waals surface area contributed by atoms with Crippen LogP contribution in [0, 0.1) is 13.8 Å². The fourth-order valence-electron chi connectivity index (χ4n) is 3.40. The highest BCUT2D eigenvalue weighted by Crippen LogP contribution is 2.32. The molecule has 0 aliphatic carbocycles. The van der Waals surface area contributed by atoms with E-state index in [-0.39, 0.29) is 0 Å². The molecule has 0 fully saturated rings. The highest BCUT2D eigenvalue weighted by Gasteiger charge is 2.17. The third-order valence-electron chi connectivity index (χ3n) is 4.89. The number of benzene rings is 2. The van der Waals surface area contributed by atoms with Gasteiger partial charge in [0, 0.05) is 17.9 Å². The maximum Gasteiger partial charge on any atom is 0.226 e. The van der Waals surface area contributed by atoms with E-state index in [4.69, 9.17) is 9.15 Å². The molecule has 0 atom stereocenters. The Labute approximate surface area is 180 Å². The van der Waals surface area contributed by atoms with Gasteiger partial charge in [-0.3, -0.25) is 0 Å². The molecule has 0 bridgehead atoms. The molecule has 0 radical (unpaired) electrons. The number of ether oxygens (including phenoxy) is 1. The second-order valence-electron chi connectivity index (χ2n) is 7.00. The average Bonchev–Trinajstić information content (AvgIpc) is 3.38. The van der Waals surface area contributed by atoms with Crippen molar-refractivity contribution in [2.75, 3.05) is 7.11 Å². The first kappa shape index (κ1) is 20.2. The van der Waals surface area contributed by atoms with Crippen LogP contribution in [-0.4, -0.2) is 26.9 Å². The Kier molecular flexibility index (Phi) is 5.90. The molecule has 6 nitrogen and oxygen atoms in total. The van der Waals surface area contributed by atoms with Gasteiger partial charge in [-0.25, -0.2) is 4.98 Å². The SMILES string of the molecule is CCn1c(SCc2coc(-c3ccc(C)cc3C)n2)nnc1-c1ccccc1OC. The molecule has 0 aliphatic heterocycles. The van der Waals surface area contributed by atoms with Crippen LogP contribution in [0.15, 0.2) is 58.3 Å². The Hall–Kier alpha value is -3.06. The molecule has 2 heterocycles. The highest BCUT2D eigenvalue weighted by molar-refractivity contribution is 7.98. The smallest absolute Gasteiger partial charge is 0.226 e. The fraction of sp³-hybridized carbons (Fsp3) is 0.261. The summed E-state index contributed by atoms with van der Waals surface area (Å²) in [5.41, 5.74) is 5.21. The van der Waals surface area contributed by atoms with Crippen LogP contribution in [0.4, 0.5) is 0 Å². The second-order valence-corrected chi connectivity index (χ2v) is 7.94. The van der Waals surface area contributed by atoms with Gasteiger partial charge in [-0.2, -0.15) is 0 Å². The van der Waals surface area contributed by atoms with E-state index in [0.717, 1.165) is 45.7 Å². The number of hydrogen-bond donors (Lipinski definition) is 0. The lowest BCUT2D eigenvalue weighted by molar-refractivity contribution is 0.416. The zero-order chi connectivity index (χ0) is 21.1. The van der Waals surface area contributed by atoms with Crippen molar-refractivity contribution in [2.45, 2.75) is 38.2 Å². The van der Waals surface area contributed by atoms with Crippen molar-refractivity contribution in [3.8, 4) is 28.6 Å². The van der Waals surface area contributed by atoms with Crippen LogP contribution in [0.1, 0.15) is 23.7 Å². The number of nitrogens with zero attached hydrogens (tertiary/aromatic N) is 4. The van der Waals surface area contributed by atoms with Gasteiger partial charge in [-0.15, -0.1) is 10.2 Å². The number of oxazole rings is 1. The lowest BCUT2D eigenvalue weighted by Crippen LogP contribution is -2.01. The van der Waals surface area contributed by atoms with Crippen molar-refractivity contribution in [1.29, 1.82) is 0 Å². The van der Waals surface area contributed by atoms with Gasteiger partial charge in [0.2, 0.25) is 5.89 Å². The second kappa shape index (κ2) is 8.75. The average molecular weight is 421 g/mol. The maximum absolute atomic E-state index is 5.74. The summed E-state index contributed by atoms with van der Waals surface area (Å²) in [5, 5.41) is 9.67. The van der Waals surface area contributed by atoms with Crippen LogP contribution in [0.25, 0.3) is 22.8 Å². The van der Waals surface area contributed by atoms with E-state index >= 15 is 0 Å². The van der Waals surface area contributed by atoms with E-state index in [1.165, 1.54) is 5.56 Å². The van der Waals surface area contributed by atoms with E-state index < -0.39 is 0 Å². The van der Waals surface area contributed by atoms with Crippen LogP contribution in [0.5, 0.6) is 5.75 Å². The van der Waals surface area contributed by atoms with E-state index in [1.807, 2.05) is 24.3 Å². The van der Waals surface area contributed by atoms with Crippen molar-refractivity contribution >= 4 is 11.8 Å². The molecule has 4 aromatic rings. The van der Waals surface area contributed by atoms with Crippen molar-refractivity contribution in [2.24, 2.45) is 0 Å². The molecule has 0 aliphatic rings. The fourth-order valence-corrected chi connectivity index (χ4v) is 4.28. The first-order valence-corrected chi connectivity index (χ1v) is 10.8. The molecule has 0 spiro atoms. The third kappa shape index (κ3) is 3.98. The van der Waals surface area contributed by atoms with Gasteiger partial charge in [0.25, 0.3) is 0 Å². The Morgan fingerprint density at radius 1 is 1.07 bits per heavy atom. The minimum atomic E-state index is 0.648. The number of aromatic nitrogens is 4. The lowest BCUT2D eigenvalue weighted by Gasteiger charge is -2.10. The van der Waals surface area contributed by atoms with Gasteiger partial charge in [0.15, 0.2) is 11.0 Å². The minimum Gasteiger partial charge on any atom is -0.496 e. The van der Waals surface area contributed by atoms with E-state index in [2.05, 4.69) is 58.7 Å². The van der Waals surface area contributed by atoms with Crippen molar-refractivity contribution in [3.63, 3.8) is 0 Å². The summed E-state index contributed by atoms with van der Waals surface area (Å²) < 4.78 is 13.3. The van der Waals surface area contributed by atoms with Crippen LogP contribution in [0.3, 0.4) is 0 Å². The standard InChI is InChI=1S/C23H24N4O2S/c1-5-27-21(19-8-6-7-9-20(19)28-4)25-26-23(27)30-14-17-13-29-22(24-17)18-11-10-15(2)12-16(18)3/h6-13H,5,14H2,1-4H3. The van der Waals surface area contributed by atoms with Crippen LogP contribution < -0.4 is 4.74 Å². The van der Waals surface area contributed by atoms with E-state index in [0.29, 0.717) is 11.6 Å². The predicted octanol–water partition coefficient (Wildman–Crippen LogP) is 5.54. The van der Waals surface area contributed by atoms with Crippen LogP contribution in [0.2, 0.25) is 0 Å². The number of methoxy groups -OCH3 is 1. The van der Waals surface area contributed by atoms with Gasteiger partial charge in [-0.05, 0) is 44.5 Å². The molecule has 0 saturated carbocycles. The monoisotopic (exact) mass is 420 g/mol. The summed E-state index contributed by atoms with van der Waals surface area (Å²) in [6.45, 7) is 7.00. The molecule has 0 unspecified atom stereocenters. The summed E-state index contributed by atoms with van der Waals surface area (Å²) in [4.78, 5) is 4.67. The Morgan fingerprint density at radius 3 is 2.67 bits per heavy atom. The van der Waals surface area contributed by atoms with Crippen molar-refractivity contribution in [3.05, 3.63) is 65.5 Å². The van der Waals surface area contributed by atoms with Crippen molar-refractivity contribution in [1.82, 2.24) is 19.7 Å². The molecule has 0 saturated heterocycles. The molecule has 30 heavy (non-hydrogen) atoms. The van der Waals surface area contributed by atoms with Gasteiger partial charge in [-0.1, -0.05) is 41.6 Å². The molecule has 0 amide bonds. The molecule has 7 heteroatoms. The summed E-state index contributed by atoms with van der Waals surface area (Å²) >= 11 is 1.59. The minimum absolute atomic E-state index is 0.648. The Bertz CT molecular complexity index is 1170. The molecule has 2 aromatic carbocycles. The molecule has 4 rings (SSSR count). The Balaban J connectivity index is 1.54. The first-order chi connectivity index (χ1) is 14.6. The normalized spacial score (nSPS) is 11.1. The lowest BCUT2D eigenvalue weighted by atomic mass is 10.1. The predicted molar refractivity (Wildman–Crippen MR) is 119 cm³/mol. The van der Waals surface area contributed by atoms with Gasteiger partial charge in [0.05, 0.1) is 18.4 Å². The molecule has 154 valence electrons. The zero-order valence-electron chi connectivity index (χ0n) is 17.5. The maximum atomic E-state index is 5.74. The summed E-state index contributed by atoms with van der Waals surface area (Å²) in [7, 11) is 1.67. The molecule has 2 aromatic heterocycles. The number of hydrogen-bond acceptors (Lipinski definition) is 6. The number of para-hydroxylation sites is 1. The highest BCUT2D eigenvalue weighted by atomic mass is 32.2. The van der Waals surface area contributed by atoms with E-state index in [1.54, 1.807) is 25.1 Å². The summed E-state index contributed by atoms with van der Waals surface area (Å²) in [6.07, 6.45) is 1.72. The first-order valence-electron chi connectivity index (χ1n) is 9.82. The molecular formula is C23H24N4O2S. The topological polar surface area (TPSA) is 66.0 Å². The summed E-state index contributed by atoms with van der Waals surface area (Å²) in [5.74, 6) is 2.88. The Morgan fingerprint density at radius 2 is 1.90 bits per heavy atom. The third-order valence-corrected chi connectivity index (χ3v) is 5.89. The summed E-state index contributed by atoms with van der Waals surface area (Å²) in [6, 6.07) is 14.1. The number of thioether (sulfide) groups is 1. The van der Waals surface area contributed by atoms with Gasteiger partial charge >= 0.3 is 0 Å². The van der Waals surface area contributed by atoms with E-state index in [9.17, 15) is 0 Å². The largest absolute Gasteiger partial charge is 0.496 e. The number of aryl methyl sites for hydroxylation is 2. The van der Waals surface area contributed by atoms with Gasteiger partial charge in [0.1, 0.15) is 12.0 Å². The number of rotatable bonds is 7. The molecule has 0 N–H and O–H groups in total. The van der Waals surface area contributed by atoms with Crippen molar-refractivity contribution < 1.29 is 9.15 Å². The zero-order valence-corrected chi connectivity index (χ0v) is 18.4. The quantitative estimate of drug-likeness (QED) is 0.366.